The minimum Gasteiger partial charge on any atom is -0.370 e. The summed E-state index contributed by atoms with van der Waals surface area (Å²) in [5, 5.41) is 6.88. The molecule has 2 rings (SSSR count). The van der Waals surface area contributed by atoms with Gasteiger partial charge in [-0.15, -0.1) is 0 Å². The summed E-state index contributed by atoms with van der Waals surface area (Å²) in [5.74, 6) is 2.72. The van der Waals surface area contributed by atoms with E-state index in [0.717, 1.165) is 48.6 Å². The Kier molecular flexibility index (Phi) is 5.39. The average molecular weight is 291 g/mol. The molecular formula is C16H29N5. The van der Waals surface area contributed by atoms with Gasteiger partial charge in [-0.1, -0.05) is 6.92 Å². The molecule has 0 radical (unpaired) electrons. The van der Waals surface area contributed by atoms with E-state index in [1.54, 1.807) is 0 Å². The number of likely N-dealkylation sites (N-methyl/N-ethyl adjacent to an activating group) is 1. The summed E-state index contributed by atoms with van der Waals surface area (Å²) in [6, 6.07) is 1.30. The fourth-order valence-electron chi connectivity index (χ4n) is 2.45. The summed E-state index contributed by atoms with van der Waals surface area (Å²) in [5.41, 5.74) is 1.11. The summed E-state index contributed by atoms with van der Waals surface area (Å²) < 4.78 is 0. The first-order valence-electron chi connectivity index (χ1n) is 8.07. The van der Waals surface area contributed by atoms with Gasteiger partial charge in [0, 0.05) is 30.7 Å². The topological polar surface area (TPSA) is 53.1 Å². The zero-order chi connectivity index (χ0) is 15.4. The number of nitrogens with zero attached hydrogens (tertiary/aromatic N) is 3. The van der Waals surface area contributed by atoms with Crippen LogP contribution in [-0.2, 0) is 0 Å². The smallest absolute Gasteiger partial charge is 0.134 e. The molecule has 1 fully saturated rings. The van der Waals surface area contributed by atoms with Crippen LogP contribution in [0.3, 0.4) is 0 Å². The van der Waals surface area contributed by atoms with Crippen molar-refractivity contribution in [3.05, 3.63) is 11.4 Å². The monoisotopic (exact) mass is 291 g/mol. The molecule has 21 heavy (non-hydrogen) atoms. The fourth-order valence-corrected chi connectivity index (χ4v) is 2.45. The number of aryl methyl sites for hydroxylation is 1. The summed E-state index contributed by atoms with van der Waals surface area (Å²) in [6.07, 6.45) is 3.78. The highest BCUT2D eigenvalue weighted by molar-refractivity contribution is 5.57. The van der Waals surface area contributed by atoms with Crippen molar-refractivity contribution in [2.75, 3.05) is 30.8 Å². The van der Waals surface area contributed by atoms with Gasteiger partial charge in [-0.2, -0.15) is 0 Å². The molecule has 0 saturated heterocycles. The van der Waals surface area contributed by atoms with Gasteiger partial charge in [0.2, 0.25) is 0 Å². The summed E-state index contributed by atoms with van der Waals surface area (Å²) >= 11 is 0. The lowest BCUT2D eigenvalue weighted by Crippen LogP contribution is -2.36. The molecule has 1 aliphatic rings. The zero-order valence-corrected chi connectivity index (χ0v) is 14.0. The number of hydrogen-bond acceptors (Lipinski definition) is 5. The van der Waals surface area contributed by atoms with Crippen molar-refractivity contribution in [2.45, 2.75) is 59.0 Å². The van der Waals surface area contributed by atoms with Crippen LogP contribution in [0.5, 0.6) is 0 Å². The van der Waals surface area contributed by atoms with Crippen molar-refractivity contribution in [1.29, 1.82) is 0 Å². The van der Waals surface area contributed by atoms with Gasteiger partial charge in [-0.25, -0.2) is 9.97 Å². The predicted octanol–water partition coefficient (Wildman–Crippen LogP) is 2.81. The molecule has 5 nitrogen and oxygen atoms in total. The van der Waals surface area contributed by atoms with E-state index >= 15 is 0 Å². The highest BCUT2D eigenvalue weighted by Crippen LogP contribution is 2.27. The van der Waals surface area contributed by atoms with Crippen molar-refractivity contribution in [2.24, 2.45) is 0 Å². The second kappa shape index (κ2) is 7.07. The molecule has 0 aliphatic heterocycles. The lowest BCUT2D eigenvalue weighted by molar-refractivity contribution is 0.257. The molecule has 1 unspecified atom stereocenters. The summed E-state index contributed by atoms with van der Waals surface area (Å²) in [6.45, 7) is 10.3. The molecule has 0 aromatic carbocycles. The van der Waals surface area contributed by atoms with E-state index in [-0.39, 0.29) is 0 Å². The molecule has 1 aliphatic carbocycles. The quantitative estimate of drug-likeness (QED) is 0.771. The Morgan fingerprint density at radius 3 is 2.38 bits per heavy atom. The van der Waals surface area contributed by atoms with Crippen LogP contribution in [0.25, 0.3) is 0 Å². The second-order valence-electron chi connectivity index (χ2n) is 6.15. The van der Waals surface area contributed by atoms with E-state index < -0.39 is 0 Å². The maximum Gasteiger partial charge on any atom is 0.134 e. The summed E-state index contributed by atoms with van der Waals surface area (Å²) in [7, 11) is 2.22. The van der Waals surface area contributed by atoms with Gasteiger partial charge in [-0.05, 0) is 47.1 Å². The average Bonchev–Trinajstić information content (AvgIpc) is 3.29. The Bertz CT molecular complexity index is 470. The van der Waals surface area contributed by atoms with E-state index in [1.165, 1.54) is 12.8 Å². The van der Waals surface area contributed by atoms with Crippen molar-refractivity contribution in [3.63, 3.8) is 0 Å². The third kappa shape index (κ3) is 4.30. The molecule has 5 heteroatoms. The normalized spacial score (nSPS) is 16.1. The number of hydrogen-bond donors (Lipinski definition) is 2. The molecule has 1 saturated carbocycles. The van der Waals surface area contributed by atoms with Crippen molar-refractivity contribution in [1.82, 2.24) is 14.9 Å². The standard InChI is InChI=1S/C16H29N5/c1-6-9-17-15-12(3)16(20-13(4)19-15)18-10-11(2)21(5)14-7-8-14/h11,14H,6-10H2,1-5H3,(H2,17,18,19,20). The largest absolute Gasteiger partial charge is 0.370 e. The van der Waals surface area contributed by atoms with Crippen molar-refractivity contribution < 1.29 is 0 Å². The van der Waals surface area contributed by atoms with E-state index in [9.17, 15) is 0 Å². The predicted molar refractivity (Wildman–Crippen MR) is 89.0 cm³/mol. The Balaban J connectivity index is 1.99. The Labute approximate surface area is 128 Å². The fraction of sp³-hybridized carbons (Fsp3) is 0.750. The zero-order valence-electron chi connectivity index (χ0n) is 14.0. The van der Waals surface area contributed by atoms with E-state index in [0.29, 0.717) is 6.04 Å². The van der Waals surface area contributed by atoms with E-state index in [2.05, 4.69) is 53.3 Å². The minimum absolute atomic E-state index is 0.513. The first kappa shape index (κ1) is 16.0. The first-order chi connectivity index (χ1) is 10.0. The van der Waals surface area contributed by atoms with E-state index in [4.69, 9.17) is 0 Å². The van der Waals surface area contributed by atoms with Gasteiger partial charge < -0.3 is 10.6 Å². The van der Waals surface area contributed by atoms with Gasteiger partial charge in [-0.3, -0.25) is 4.90 Å². The van der Waals surface area contributed by atoms with Gasteiger partial charge in [0.1, 0.15) is 17.5 Å². The molecule has 0 bridgehead atoms. The van der Waals surface area contributed by atoms with Crippen LogP contribution in [0.2, 0.25) is 0 Å². The molecule has 0 spiro atoms. The Hall–Kier alpha value is -1.36. The maximum atomic E-state index is 4.55. The SMILES string of the molecule is CCCNc1nc(C)nc(NCC(C)N(C)C2CC2)c1C. The third-order valence-corrected chi connectivity index (χ3v) is 4.18. The van der Waals surface area contributed by atoms with Crippen LogP contribution in [0.15, 0.2) is 0 Å². The van der Waals surface area contributed by atoms with Crippen LogP contribution < -0.4 is 10.6 Å². The minimum atomic E-state index is 0.513. The molecule has 2 N–H and O–H groups in total. The molecule has 1 heterocycles. The van der Waals surface area contributed by atoms with Crippen LogP contribution in [0.1, 0.15) is 44.5 Å². The van der Waals surface area contributed by atoms with Gasteiger partial charge in [0.25, 0.3) is 0 Å². The van der Waals surface area contributed by atoms with Gasteiger partial charge in [0.05, 0.1) is 0 Å². The summed E-state index contributed by atoms with van der Waals surface area (Å²) in [4.78, 5) is 11.5. The molecule has 1 atom stereocenters. The van der Waals surface area contributed by atoms with E-state index in [1.807, 2.05) is 6.92 Å². The molecule has 118 valence electrons. The lowest BCUT2D eigenvalue weighted by atomic mass is 10.2. The second-order valence-corrected chi connectivity index (χ2v) is 6.15. The lowest BCUT2D eigenvalue weighted by Gasteiger charge is -2.25. The highest BCUT2D eigenvalue weighted by Gasteiger charge is 2.29. The Morgan fingerprint density at radius 2 is 1.81 bits per heavy atom. The maximum absolute atomic E-state index is 4.55. The van der Waals surface area contributed by atoms with Crippen LogP contribution in [-0.4, -0.2) is 47.1 Å². The Morgan fingerprint density at radius 1 is 1.19 bits per heavy atom. The van der Waals surface area contributed by atoms with Gasteiger partial charge in [0.15, 0.2) is 0 Å². The third-order valence-electron chi connectivity index (χ3n) is 4.18. The highest BCUT2D eigenvalue weighted by atomic mass is 15.2. The van der Waals surface area contributed by atoms with Crippen LogP contribution >= 0.6 is 0 Å². The van der Waals surface area contributed by atoms with Crippen molar-refractivity contribution in [3.8, 4) is 0 Å². The number of nitrogens with one attached hydrogen (secondary N) is 2. The molecule has 1 aromatic heterocycles. The van der Waals surface area contributed by atoms with Crippen LogP contribution in [0.4, 0.5) is 11.6 Å². The molecular weight excluding hydrogens is 262 g/mol. The molecule has 1 aromatic rings. The number of rotatable bonds is 8. The first-order valence-corrected chi connectivity index (χ1v) is 8.07. The van der Waals surface area contributed by atoms with Crippen LogP contribution in [0, 0.1) is 13.8 Å². The number of anilines is 2. The van der Waals surface area contributed by atoms with Gasteiger partial charge >= 0.3 is 0 Å². The van der Waals surface area contributed by atoms with Crippen molar-refractivity contribution >= 4 is 11.6 Å². The molecule has 0 amide bonds. The number of aromatic nitrogens is 2.